The number of carbonyl (C=O) groups is 2. The van der Waals surface area contributed by atoms with Crippen LogP contribution in [0.4, 0.5) is 0 Å². The third-order valence-corrected chi connectivity index (χ3v) is 1.57. The topological polar surface area (TPSA) is 81.4 Å². The van der Waals surface area contributed by atoms with E-state index in [1.807, 2.05) is 6.20 Å². The van der Waals surface area contributed by atoms with Crippen molar-refractivity contribution in [2.75, 3.05) is 7.11 Å². The monoisotopic (exact) mass is 238 g/mol. The van der Waals surface area contributed by atoms with Crippen LogP contribution in [0, 0.1) is 0 Å². The number of esters is 1. The van der Waals surface area contributed by atoms with Crippen molar-refractivity contribution >= 4 is 18.1 Å². The number of carbonyl (C=O) groups excluding carboxylic acids is 1. The van der Waals surface area contributed by atoms with Crippen molar-refractivity contribution in [1.29, 1.82) is 0 Å². The van der Waals surface area contributed by atoms with Crippen molar-refractivity contribution in [2.24, 2.45) is 0 Å². The number of hydrogen-bond donors (Lipinski definition) is 1. The zero-order chi connectivity index (χ0) is 13.3. The second kappa shape index (κ2) is 7.86. The van der Waals surface area contributed by atoms with Gasteiger partial charge in [-0.25, -0.2) is 9.78 Å². The number of methoxy groups -OCH3 is 1. The number of nitrogens with zero attached hydrogens (tertiary/aromatic N) is 2. The quantitative estimate of drug-likeness (QED) is 0.629. The van der Waals surface area contributed by atoms with Gasteiger partial charge in [-0.05, 0) is 0 Å². The van der Waals surface area contributed by atoms with E-state index in [0.29, 0.717) is 0 Å². The summed E-state index contributed by atoms with van der Waals surface area (Å²) in [4.78, 5) is 24.2. The molecular formula is C11H14N2O4. The maximum absolute atomic E-state index is 10.5. The normalized spacial score (nSPS) is 8.53. The first-order valence-electron chi connectivity index (χ1n) is 4.59. The van der Waals surface area contributed by atoms with E-state index in [1.165, 1.54) is 7.11 Å². The molecule has 0 radical (unpaired) electrons. The average Bonchev–Trinajstić information content (AvgIpc) is 2.80. The Morgan fingerprint density at radius 3 is 2.53 bits per heavy atom. The molecule has 1 aromatic heterocycles. The maximum Gasteiger partial charge on any atom is 0.333 e. The molecule has 0 spiro atoms. The van der Waals surface area contributed by atoms with Crippen LogP contribution in [0.15, 0.2) is 37.5 Å². The van der Waals surface area contributed by atoms with Crippen molar-refractivity contribution in [3.63, 3.8) is 0 Å². The third kappa shape index (κ3) is 6.67. The van der Waals surface area contributed by atoms with Crippen molar-refractivity contribution in [3.05, 3.63) is 37.5 Å². The molecule has 1 aromatic rings. The number of imidazole rings is 1. The number of ether oxygens (including phenoxy) is 1. The van der Waals surface area contributed by atoms with Gasteiger partial charge in [0.15, 0.2) is 0 Å². The van der Waals surface area contributed by atoms with Gasteiger partial charge in [-0.3, -0.25) is 4.79 Å². The lowest BCUT2D eigenvalue weighted by atomic mass is 10.2. The molecule has 6 nitrogen and oxygen atoms in total. The summed E-state index contributed by atoms with van der Waals surface area (Å²) >= 11 is 0. The first-order valence-corrected chi connectivity index (χ1v) is 4.59. The smallest absolute Gasteiger partial charge is 0.333 e. The number of carboxylic acid groups (broad SMARTS) is 1. The Kier molecular flexibility index (Phi) is 6.77. The van der Waals surface area contributed by atoms with Gasteiger partial charge in [-0.15, -0.1) is 0 Å². The molecule has 17 heavy (non-hydrogen) atoms. The lowest BCUT2D eigenvalue weighted by molar-refractivity contribution is -0.141. The van der Waals surface area contributed by atoms with Gasteiger partial charge in [0.2, 0.25) is 0 Å². The van der Waals surface area contributed by atoms with Crippen LogP contribution in [-0.4, -0.2) is 33.7 Å². The summed E-state index contributed by atoms with van der Waals surface area (Å²) in [6, 6.07) is 0. The fourth-order valence-corrected chi connectivity index (χ4v) is 0.776. The van der Waals surface area contributed by atoms with Gasteiger partial charge in [0.1, 0.15) is 0 Å². The first kappa shape index (κ1) is 14.6. The Morgan fingerprint density at radius 2 is 2.24 bits per heavy atom. The van der Waals surface area contributed by atoms with Crippen molar-refractivity contribution in [3.8, 4) is 0 Å². The molecule has 0 aromatic carbocycles. The Labute approximate surface area is 98.8 Å². The van der Waals surface area contributed by atoms with E-state index in [9.17, 15) is 9.59 Å². The molecule has 0 aliphatic rings. The largest absolute Gasteiger partial charge is 0.481 e. The molecule has 0 bridgehead atoms. The van der Waals surface area contributed by atoms with Crippen LogP contribution in [0.5, 0.6) is 0 Å². The van der Waals surface area contributed by atoms with E-state index < -0.39 is 11.9 Å². The van der Waals surface area contributed by atoms with Gasteiger partial charge in [0.05, 0.1) is 19.9 Å². The Hall–Kier alpha value is -2.37. The second-order valence-corrected chi connectivity index (χ2v) is 2.86. The fraction of sp³-hybridized carbons (Fsp3) is 0.182. The molecule has 0 aliphatic carbocycles. The SMILES string of the molecule is C=C(CC(=O)O)C(=O)OC.C=Cn1ccnc1. The number of aromatic nitrogens is 2. The molecule has 0 saturated carbocycles. The highest BCUT2D eigenvalue weighted by Gasteiger charge is 2.09. The standard InChI is InChI=1S/C6H8O4.C5H6N2/c1-4(3-5(7)8)6(9)10-2;1-2-7-4-3-6-5-7/h1,3H2,2H3,(H,7,8);2-5H,1H2. The van der Waals surface area contributed by atoms with Gasteiger partial charge in [-0.2, -0.15) is 0 Å². The fourth-order valence-electron chi connectivity index (χ4n) is 0.776. The number of hydrogen-bond acceptors (Lipinski definition) is 4. The van der Waals surface area contributed by atoms with Crippen LogP contribution >= 0.6 is 0 Å². The zero-order valence-corrected chi connectivity index (χ0v) is 9.50. The average molecular weight is 238 g/mol. The summed E-state index contributed by atoms with van der Waals surface area (Å²) < 4.78 is 5.99. The molecule has 1 N–H and O–H groups in total. The molecule has 92 valence electrons. The molecular weight excluding hydrogens is 224 g/mol. The van der Waals surface area contributed by atoms with E-state index >= 15 is 0 Å². The Balaban J connectivity index is 0.000000318. The second-order valence-electron chi connectivity index (χ2n) is 2.86. The number of aliphatic carboxylic acids is 1. The van der Waals surface area contributed by atoms with Crippen LogP contribution in [-0.2, 0) is 14.3 Å². The molecule has 1 rings (SSSR count). The molecule has 0 amide bonds. The molecule has 0 atom stereocenters. The van der Waals surface area contributed by atoms with Gasteiger partial charge < -0.3 is 14.4 Å². The van der Waals surface area contributed by atoms with Gasteiger partial charge in [0.25, 0.3) is 0 Å². The van der Waals surface area contributed by atoms with Gasteiger partial charge >= 0.3 is 11.9 Å². The predicted octanol–water partition coefficient (Wildman–Crippen LogP) is 1.17. The maximum atomic E-state index is 10.5. The Bertz CT molecular complexity index is 396. The summed E-state index contributed by atoms with van der Waals surface area (Å²) in [6.45, 7) is 6.74. The number of carboxylic acids is 1. The zero-order valence-electron chi connectivity index (χ0n) is 9.50. The summed E-state index contributed by atoms with van der Waals surface area (Å²) in [7, 11) is 1.18. The molecule has 1 heterocycles. The van der Waals surface area contributed by atoms with Gasteiger partial charge in [-0.1, -0.05) is 13.2 Å². The van der Waals surface area contributed by atoms with Crippen LogP contribution < -0.4 is 0 Å². The summed E-state index contributed by atoms with van der Waals surface area (Å²) in [5, 5.41) is 8.16. The third-order valence-electron chi connectivity index (χ3n) is 1.57. The van der Waals surface area contributed by atoms with Crippen molar-refractivity contribution in [1.82, 2.24) is 9.55 Å². The molecule has 6 heteroatoms. The summed E-state index contributed by atoms with van der Waals surface area (Å²) in [5.74, 6) is -1.77. The lowest BCUT2D eigenvalue weighted by Crippen LogP contribution is -2.07. The van der Waals surface area contributed by atoms with E-state index in [1.54, 1.807) is 23.3 Å². The highest BCUT2D eigenvalue weighted by molar-refractivity contribution is 5.92. The van der Waals surface area contributed by atoms with Crippen molar-refractivity contribution < 1.29 is 19.4 Å². The Morgan fingerprint density at radius 1 is 1.59 bits per heavy atom. The van der Waals surface area contributed by atoms with E-state index in [2.05, 4.69) is 22.9 Å². The highest BCUT2D eigenvalue weighted by Crippen LogP contribution is 1.98. The minimum Gasteiger partial charge on any atom is -0.481 e. The van der Waals surface area contributed by atoms with Crippen LogP contribution in [0.3, 0.4) is 0 Å². The minimum atomic E-state index is -1.09. The van der Waals surface area contributed by atoms with Crippen LogP contribution in [0.25, 0.3) is 6.20 Å². The van der Waals surface area contributed by atoms with E-state index in [-0.39, 0.29) is 12.0 Å². The molecule has 0 fully saturated rings. The van der Waals surface area contributed by atoms with Crippen LogP contribution in [0.2, 0.25) is 0 Å². The van der Waals surface area contributed by atoms with Crippen LogP contribution in [0.1, 0.15) is 6.42 Å². The van der Waals surface area contributed by atoms with E-state index in [4.69, 9.17) is 5.11 Å². The highest BCUT2D eigenvalue weighted by atomic mass is 16.5. The molecule has 0 unspecified atom stereocenters. The predicted molar refractivity (Wildman–Crippen MR) is 62.0 cm³/mol. The van der Waals surface area contributed by atoms with Gasteiger partial charge in [0, 0.05) is 24.2 Å². The summed E-state index contributed by atoms with van der Waals surface area (Å²) in [6.07, 6.45) is 6.54. The summed E-state index contributed by atoms with van der Waals surface area (Å²) in [5.41, 5.74) is -0.0463. The molecule has 0 aliphatic heterocycles. The number of rotatable bonds is 4. The lowest BCUT2D eigenvalue weighted by Gasteiger charge is -1.97. The molecule has 0 saturated heterocycles. The van der Waals surface area contributed by atoms with E-state index in [0.717, 1.165) is 0 Å². The van der Waals surface area contributed by atoms with Crippen molar-refractivity contribution in [2.45, 2.75) is 6.42 Å². The first-order chi connectivity index (χ1) is 8.01. The minimum absolute atomic E-state index is 0.0463.